The first kappa shape index (κ1) is 13.3. The van der Waals surface area contributed by atoms with Crippen LogP contribution in [-0.4, -0.2) is 36.1 Å². The van der Waals surface area contributed by atoms with E-state index in [9.17, 15) is 0 Å². The van der Waals surface area contributed by atoms with Gasteiger partial charge >= 0.3 is 0 Å². The standard InChI is InChI=1S/C13H20ClNOS/c1-3-12-4-5-13(17-12)9-15-7-10(2)16-11(6-14)8-15/h4-5,10-11H,3,6-9H2,1-2H3. The number of thiophene rings is 1. The van der Waals surface area contributed by atoms with Gasteiger partial charge in [-0.05, 0) is 25.5 Å². The molecule has 1 aliphatic heterocycles. The van der Waals surface area contributed by atoms with Gasteiger partial charge in [0.25, 0.3) is 0 Å². The maximum absolute atomic E-state index is 5.89. The van der Waals surface area contributed by atoms with Crippen molar-refractivity contribution in [2.75, 3.05) is 19.0 Å². The molecule has 0 aromatic carbocycles. The van der Waals surface area contributed by atoms with E-state index in [0.717, 1.165) is 26.1 Å². The van der Waals surface area contributed by atoms with E-state index in [-0.39, 0.29) is 12.2 Å². The quantitative estimate of drug-likeness (QED) is 0.782. The molecule has 17 heavy (non-hydrogen) atoms. The second kappa shape index (κ2) is 6.19. The number of ether oxygens (including phenoxy) is 1. The molecule has 1 fully saturated rings. The van der Waals surface area contributed by atoms with Gasteiger partial charge in [-0.25, -0.2) is 0 Å². The molecule has 0 spiro atoms. The third-order valence-corrected chi connectivity index (χ3v) is 4.58. The third-order valence-electron chi connectivity index (χ3n) is 3.02. The number of morpholine rings is 1. The van der Waals surface area contributed by atoms with Crippen molar-refractivity contribution in [3.63, 3.8) is 0 Å². The molecule has 2 heterocycles. The minimum Gasteiger partial charge on any atom is -0.371 e. The van der Waals surface area contributed by atoms with Gasteiger partial charge < -0.3 is 4.74 Å². The molecule has 0 aliphatic carbocycles. The molecule has 0 bridgehead atoms. The van der Waals surface area contributed by atoms with Gasteiger partial charge in [0.15, 0.2) is 0 Å². The molecule has 2 rings (SSSR count). The Labute approximate surface area is 113 Å². The molecule has 0 N–H and O–H groups in total. The Hall–Kier alpha value is -0.0900. The molecule has 2 nitrogen and oxygen atoms in total. The fourth-order valence-corrected chi connectivity index (χ4v) is 3.44. The molecule has 2 atom stereocenters. The molecule has 1 aromatic rings. The van der Waals surface area contributed by atoms with E-state index in [4.69, 9.17) is 16.3 Å². The van der Waals surface area contributed by atoms with Gasteiger partial charge in [-0.15, -0.1) is 22.9 Å². The van der Waals surface area contributed by atoms with Gasteiger partial charge in [-0.3, -0.25) is 4.90 Å². The van der Waals surface area contributed by atoms with E-state index in [1.54, 1.807) is 0 Å². The van der Waals surface area contributed by atoms with Crippen LogP contribution in [0, 0.1) is 0 Å². The van der Waals surface area contributed by atoms with Gasteiger partial charge in [0.1, 0.15) is 0 Å². The molecule has 2 unspecified atom stereocenters. The van der Waals surface area contributed by atoms with Crippen molar-refractivity contribution in [2.24, 2.45) is 0 Å². The lowest BCUT2D eigenvalue weighted by atomic mass is 10.2. The first-order chi connectivity index (χ1) is 8.21. The van der Waals surface area contributed by atoms with E-state index >= 15 is 0 Å². The Morgan fingerprint density at radius 2 is 2.18 bits per heavy atom. The largest absolute Gasteiger partial charge is 0.371 e. The Bertz CT molecular complexity index is 355. The van der Waals surface area contributed by atoms with Crippen molar-refractivity contribution in [3.05, 3.63) is 21.9 Å². The highest BCUT2D eigenvalue weighted by molar-refractivity contribution is 7.11. The van der Waals surface area contributed by atoms with Crippen LogP contribution in [0.1, 0.15) is 23.6 Å². The summed E-state index contributed by atoms with van der Waals surface area (Å²) in [6.07, 6.45) is 1.61. The Balaban J connectivity index is 1.93. The molecule has 0 amide bonds. The Morgan fingerprint density at radius 1 is 1.41 bits per heavy atom. The van der Waals surface area contributed by atoms with E-state index < -0.39 is 0 Å². The van der Waals surface area contributed by atoms with Crippen molar-refractivity contribution >= 4 is 22.9 Å². The second-order valence-corrected chi connectivity index (χ2v) is 6.20. The normalized spacial score (nSPS) is 26.3. The zero-order valence-electron chi connectivity index (χ0n) is 10.5. The fourth-order valence-electron chi connectivity index (χ4n) is 2.27. The number of hydrogen-bond acceptors (Lipinski definition) is 3. The number of halogens is 1. The van der Waals surface area contributed by atoms with E-state index in [2.05, 4.69) is 30.9 Å². The van der Waals surface area contributed by atoms with Crippen LogP contribution in [0.3, 0.4) is 0 Å². The van der Waals surface area contributed by atoms with Crippen LogP contribution in [0.2, 0.25) is 0 Å². The molecule has 96 valence electrons. The Kier molecular flexibility index (Phi) is 4.86. The summed E-state index contributed by atoms with van der Waals surface area (Å²) in [7, 11) is 0. The predicted molar refractivity (Wildman–Crippen MR) is 74.0 cm³/mol. The number of aryl methyl sites for hydroxylation is 1. The van der Waals surface area contributed by atoms with Crippen molar-refractivity contribution in [2.45, 2.75) is 39.0 Å². The summed E-state index contributed by atoms with van der Waals surface area (Å²) >= 11 is 7.81. The smallest absolute Gasteiger partial charge is 0.0841 e. The van der Waals surface area contributed by atoms with Gasteiger partial charge in [-0.1, -0.05) is 6.92 Å². The highest BCUT2D eigenvalue weighted by Gasteiger charge is 2.24. The number of rotatable bonds is 4. The number of alkyl halides is 1. The van der Waals surface area contributed by atoms with Gasteiger partial charge in [0.2, 0.25) is 0 Å². The summed E-state index contributed by atoms with van der Waals surface area (Å²) < 4.78 is 5.76. The van der Waals surface area contributed by atoms with E-state index in [1.807, 2.05) is 11.3 Å². The average Bonchev–Trinajstić information content (AvgIpc) is 2.76. The summed E-state index contributed by atoms with van der Waals surface area (Å²) in [5.41, 5.74) is 0. The molecule has 1 aliphatic rings. The van der Waals surface area contributed by atoms with Crippen molar-refractivity contribution in [1.29, 1.82) is 0 Å². The van der Waals surface area contributed by atoms with Crippen LogP contribution in [0.25, 0.3) is 0 Å². The van der Waals surface area contributed by atoms with Crippen LogP contribution in [0.5, 0.6) is 0 Å². The number of hydrogen-bond donors (Lipinski definition) is 0. The van der Waals surface area contributed by atoms with Crippen molar-refractivity contribution in [1.82, 2.24) is 4.90 Å². The minimum absolute atomic E-state index is 0.186. The van der Waals surface area contributed by atoms with Crippen LogP contribution >= 0.6 is 22.9 Å². The second-order valence-electron chi connectivity index (χ2n) is 4.64. The summed E-state index contributed by atoms with van der Waals surface area (Å²) in [6, 6.07) is 4.49. The highest BCUT2D eigenvalue weighted by Crippen LogP contribution is 2.21. The predicted octanol–water partition coefficient (Wildman–Crippen LogP) is 3.14. The lowest BCUT2D eigenvalue weighted by Crippen LogP contribution is -2.46. The van der Waals surface area contributed by atoms with E-state index in [1.165, 1.54) is 9.75 Å². The highest BCUT2D eigenvalue weighted by atomic mass is 35.5. The maximum Gasteiger partial charge on any atom is 0.0841 e. The third kappa shape index (κ3) is 3.68. The van der Waals surface area contributed by atoms with Crippen molar-refractivity contribution < 1.29 is 4.74 Å². The lowest BCUT2D eigenvalue weighted by molar-refractivity contribution is -0.0686. The monoisotopic (exact) mass is 273 g/mol. The zero-order valence-corrected chi connectivity index (χ0v) is 12.1. The maximum atomic E-state index is 5.89. The lowest BCUT2D eigenvalue weighted by Gasteiger charge is -2.35. The first-order valence-corrected chi connectivity index (χ1v) is 7.57. The first-order valence-electron chi connectivity index (χ1n) is 6.22. The molecule has 0 saturated carbocycles. The van der Waals surface area contributed by atoms with Crippen molar-refractivity contribution in [3.8, 4) is 0 Å². The summed E-state index contributed by atoms with van der Waals surface area (Å²) in [6.45, 7) is 7.32. The Morgan fingerprint density at radius 3 is 2.82 bits per heavy atom. The van der Waals surface area contributed by atoms with Gasteiger partial charge in [0, 0.05) is 35.3 Å². The van der Waals surface area contributed by atoms with Gasteiger partial charge in [0.05, 0.1) is 12.2 Å². The van der Waals surface area contributed by atoms with Gasteiger partial charge in [-0.2, -0.15) is 0 Å². The molecule has 4 heteroatoms. The number of nitrogens with zero attached hydrogens (tertiary/aromatic N) is 1. The van der Waals surface area contributed by atoms with Crippen LogP contribution in [0.4, 0.5) is 0 Å². The minimum atomic E-state index is 0.186. The fraction of sp³-hybridized carbons (Fsp3) is 0.692. The van der Waals surface area contributed by atoms with Crippen LogP contribution in [-0.2, 0) is 17.7 Å². The van der Waals surface area contributed by atoms with Crippen LogP contribution < -0.4 is 0 Å². The summed E-state index contributed by atoms with van der Waals surface area (Å²) in [5.74, 6) is 0.589. The average molecular weight is 274 g/mol. The summed E-state index contributed by atoms with van der Waals surface area (Å²) in [5, 5.41) is 0. The molecular formula is C13H20ClNOS. The summed E-state index contributed by atoms with van der Waals surface area (Å²) in [4.78, 5) is 5.37. The molecular weight excluding hydrogens is 254 g/mol. The topological polar surface area (TPSA) is 12.5 Å². The zero-order chi connectivity index (χ0) is 12.3. The van der Waals surface area contributed by atoms with E-state index in [0.29, 0.717) is 5.88 Å². The molecule has 1 saturated heterocycles. The molecule has 0 radical (unpaired) electrons. The van der Waals surface area contributed by atoms with Crippen LogP contribution in [0.15, 0.2) is 12.1 Å². The molecule has 1 aromatic heterocycles. The SMILES string of the molecule is CCc1ccc(CN2CC(C)OC(CCl)C2)s1.